The van der Waals surface area contributed by atoms with Crippen LogP contribution in [-0.4, -0.2) is 122 Å². The van der Waals surface area contributed by atoms with E-state index in [2.05, 4.69) is 6.58 Å². The molecule has 2 N–H and O–H groups in total. The van der Waals surface area contributed by atoms with Gasteiger partial charge >= 0.3 is 17.9 Å². The molecule has 0 atom stereocenters. The van der Waals surface area contributed by atoms with Gasteiger partial charge in [0.1, 0.15) is 17.8 Å². The van der Waals surface area contributed by atoms with Crippen molar-refractivity contribution in [2.75, 3.05) is 92.4 Å². The van der Waals surface area contributed by atoms with Crippen LogP contribution in [0.2, 0.25) is 0 Å². The van der Waals surface area contributed by atoms with Gasteiger partial charge in [0.25, 0.3) is 0 Å². The quantitative estimate of drug-likeness (QED) is 0.0411. The van der Waals surface area contributed by atoms with Crippen molar-refractivity contribution < 1.29 is 57.0 Å². The highest BCUT2D eigenvalue weighted by molar-refractivity contribution is 5.70. The van der Waals surface area contributed by atoms with Gasteiger partial charge in [0.2, 0.25) is 0 Å². The third-order valence-corrected chi connectivity index (χ3v) is 5.94. The third kappa shape index (κ3) is 45.9. The lowest BCUT2D eigenvalue weighted by molar-refractivity contribution is -0.156. The molecule has 0 aliphatic carbocycles. The molecule has 0 aromatic carbocycles. The van der Waals surface area contributed by atoms with Gasteiger partial charge in [-0.05, 0) is 93.0 Å². The van der Waals surface area contributed by atoms with Crippen molar-refractivity contribution in [2.24, 2.45) is 5.73 Å². The zero-order chi connectivity index (χ0) is 37.8. The molecule has 0 spiro atoms. The Balaban J connectivity index is 0. The molecule has 296 valence electrons. The summed E-state index contributed by atoms with van der Waals surface area (Å²) in [4.78, 5) is 34.2. The largest absolute Gasteiger partial charge is 0.461 e. The summed E-state index contributed by atoms with van der Waals surface area (Å²) in [5.41, 5.74) is 4.52. The first-order chi connectivity index (χ1) is 23.8. The van der Waals surface area contributed by atoms with Crippen LogP contribution in [0, 0.1) is 0 Å². The average molecular weight is 722 g/mol. The molecule has 0 aromatic heterocycles. The third-order valence-electron chi connectivity index (χ3n) is 5.94. The molecule has 0 saturated heterocycles. The summed E-state index contributed by atoms with van der Waals surface area (Å²) in [6.07, 6.45) is 8.48. The molecular formula is C37H71NO12. The minimum absolute atomic E-state index is 0.148. The minimum Gasteiger partial charge on any atom is -0.461 e. The summed E-state index contributed by atoms with van der Waals surface area (Å²) in [5, 5.41) is 0. The maximum Gasteiger partial charge on any atom is 0.306 e. The zero-order valence-corrected chi connectivity index (χ0v) is 32.2. The first-order valence-corrected chi connectivity index (χ1v) is 18.2. The smallest absolute Gasteiger partial charge is 0.306 e. The molecule has 0 aliphatic rings. The monoisotopic (exact) mass is 721 g/mol. The lowest BCUT2D eigenvalue weighted by Gasteiger charge is -2.19. The Labute approximate surface area is 302 Å². The molecule has 0 amide bonds. The topological polar surface area (TPSA) is 160 Å². The van der Waals surface area contributed by atoms with E-state index in [1.54, 1.807) is 6.08 Å². The highest BCUT2D eigenvalue weighted by Gasteiger charge is 2.16. The first-order valence-electron chi connectivity index (χ1n) is 18.2. The van der Waals surface area contributed by atoms with E-state index in [9.17, 15) is 14.4 Å². The van der Waals surface area contributed by atoms with Gasteiger partial charge in [-0.3, -0.25) is 14.4 Å². The molecule has 0 radical (unpaired) electrons. The van der Waals surface area contributed by atoms with Gasteiger partial charge in [0.15, 0.2) is 0 Å². The van der Waals surface area contributed by atoms with E-state index in [-0.39, 0.29) is 24.5 Å². The van der Waals surface area contributed by atoms with Crippen LogP contribution in [-0.2, 0) is 57.0 Å². The van der Waals surface area contributed by atoms with Crippen LogP contribution < -0.4 is 5.73 Å². The predicted molar refractivity (Wildman–Crippen MR) is 193 cm³/mol. The van der Waals surface area contributed by atoms with Gasteiger partial charge in [-0.1, -0.05) is 12.7 Å². The Bertz CT molecular complexity index is 811. The predicted octanol–water partition coefficient (Wildman–Crippen LogP) is 5.34. The molecule has 0 bridgehead atoms. The van der Waals surface area contributed by atoms with E-state index in [1.165, 1.54) is 0 Å². The Morgan fingerprint density at radius 2 is 0.780 bits per heavy atom. The van der Waals surface area contributed by atoms with Crippen LogP contribution in [0.25, 0.3) is 0 Å². The maximum absolute atomic E-state index is 11.5. The van der Waals surface area contributed by atoms with E-state index >= 15 is 0 Å². The van der Waals surface area contributed by atoms with Crippen molar-refractivity contribution >= 4 is 17.9 Å². The SMILES string of the molecule is C=CCOC(=O)CCCCOCCOCCOCCCCC(=O)OC(C)(C)C.CC(C)(C)OC(=O)CCCCOCCOCCOCCCN. The summed E-state index contributed by atoms with van der Waals surface area (Å²) < 4.78 is 47.7. The van der Waals surface area contributed by atoms with Crippen molar-refractivity contribution in [3.05, 3.63) is 12.7 Å². The molecular weight excluding hydrogens is 650 g/mol. The number of esters is 3. The standard InChI is InChI=1S/C21H38O7.C16H33NO5/c1-5-12-27-19(22)10-6-8-13-24-15-17-26-18-16-25-14-9-7-11-20(23)28-21(2,3)4;1-16(2,3)22-15(18)7-4-5-9-19-11-13-21-14-12-20-10-6-8-17/h5H,1,6-18H2,2-4H3;4-14,17H2,1-3H3. The van der Waals surface area contributed by atoms with Crippen LogP contribution in [0.1, 0.15) is 106 Å². The van der Waals surface area contributed by atoms with E-state index in [0.717, 1.165) is 44.9 Å². The van der Waals surface area contributed by atoms with E-state index in [4.69, 9.17) is 48.4 Å². The van der Waals surface area contributed by atoms with Gasteiger partial charge in [0.05, 0.1) is 52.9 Å². The molecule has 0 aromatic rings. The van der Waals surface area contributed by atoms with Crippen LogP contribution in [0.15, 0.2) is 12.7 Å². The number of carbonyl (C=O) groups excluding carboxylic acids is 3. The lowest BCUT2D eigenvalue weighted by Crippen LogP contribution is -2.23. The van der Waals surface area contributed by atoms with E-state index in [1.807, 2.05) is 41.5 Å². The van der Waals surface area contributed by atoms with Crippen LogP contribution in [0.3, 0.4) is 0 Å². The van der Waals surface area contributed by atoms with Gasteiger partial charge < -0.3 is 48.4 Å². The first kappa shape index (κ1) is 50.0. The molecule has 0 heterocycles. The second kappa shape index (κ2) is 35.3. The van der Waals surface area contributed by atoms with Gasteiger partial charge in [-0.2, -0.15) is 0 Å². The van der Waals surface area contributed by atoms with Crippen molar-refractivity contribution in [3.63, 3.8) is 0 Å². The number of carbonyl (C=O) groups is 3. The Morgan fingerprint density at radius 1 is 0.480 bits per heavy atom. The molecule has 50 heavy (non-hydrogen) atoms. The number of rotatable bonds is 32. The second-order valence-electron chi connectivity index (χ2n) is 13.3. The van der Waals surface area contributed by atoms with Crippen LogP contribution >= 0.6 is 0 Å². The zero-order valence-electron chi connectivity index (χ0n) is 32.2. The normalized spacial score (nSPS) is 11.4. The summed E-state index contributed by atoms with van der Waals surface area (Å²) in [7, 11) is 0. The lowest BCUT2D eigenvalue weighted by atomic mass is 10.2. The summed E-state index contributed by atoms with van der Waals surface area (Å²) in [5.74, 6) is -0.512. The van der Waals surface area contributed by atoms with Crippen LogP contribution in [0.5, 0.6) is 0 Å². The van der Waals surface area contributed by atoms with E-state index < -0.39 is 11.2 Å². The fraction of sp³-hybridized carbons (Fsp3) is 0.865. The highest BCUT2D eigenvalue weighted by atomic mass is 16.6. The highest BCUT2D eigenvalue weighted by Crippen LogP contribution is 2.11. The van der Waals surface area contributed by atoms with Crippen molar-refractivity contribution in [1.29, 1.82) is 0 Å². The second-order valence-corrected chi connectivity index (χ2v) is 13.3. The fourth-order valence-electron chi connectivity index (χ4n) is 3.70. The fourth-order valence-corrected chi connectivity index (χ4v) is 3.70. The molecule has 0 fully saturated rings. The number of hydrogen-bond donors (Lipinski definition) is 1. The Hall–Kier alpha value is -2.13. The number of unbranched alkanes of at least 4 members (excludes halogenated alkanes) is 3. The molecule has 0 saturated carbocycles. The van der Waals surface area contributed by atoms with Crippen molar-refractivity contribution in [1.82, 2.24) is 0 Å². The van der Waals surface area contributed by atoms with Crippen molar-refractivity contribution in [2.45, 2.75) is 117 Å². The van der Waals surface area contributed by atoms with Crippen molar-refractivity contribution in [3.8, 4) is 0 Å². The van der Waals surface area contributed by atoms with Gasteiger partial charge in [-0.15, -0.1) is 0 Å². The van der Waals surface area contributed by atoms with Gasteiger partial charge in [0, 0.05) is 45.7 Å². The maximum atomic E-state index is 11.5. The Kier molecular flexibility index (Phi) is 35.3. The molecule has 0 rings (SSSR count). The van der Waals surface area contributed by atoms with E-state index in [0.29, 0.717) is 105 Å². The number of ether oxygens (including phenoxy) is 9. The molecule has 0 aliphatic heterocycles. The number of hydrogen-bond acceptors (Lipinski definition) is 13. The summed E-state index contributed by atoms with van der Waals surface area (Å²) in [6.45, 7) is 22.5. The molecule has 13 heteroatoms. The molecule has 0 unspecified atom stereocenters. The number of nitrogens with two attached hydrogens (primary N) is 1. The molecule has 13 nitrogen and oxygen atoms in total. The van der Waals surface area contributed by atoms with Gasteiger partial charge in [-0.25, -0.2) is 0 Å². The Morgan fingerprint density at radius 3 is 1.08 bits per heavy atom. The minimum atomic E-state index is -0.423. The van der Waals surface area contributed by atoms with Crippen LogP contribution in [0.4, 0.5) is 0 Å². The summed E-state index contributed by atoms with van der Waals surface area (Å²) in [6, 6.07) is 0. The summed E-state index contributed by atoms with van der Waals surface area (Å²) >= 11 is 0. The average Bonchev–Trinajstić information content (AvgIpc) is 3.02.